The molecular weight excluding hydrogens is 314 g/mol. The summed E-state index contributed by atoms with van der Waals surface area (Å²) in [6.45, 7) is 3.17. The highest BCUT2D eigenvalue weighted by atomic mass is 16.5. The first kappa shape index (κ1) is 19.5. The Balaban J connectivity index is 1.89. The van der Waals surface area contributed by atoms with Crippen molar-refractivity contribution >= 4 is 11.9 Å². The lowest BCUT2D eigenvalue weighted by Gasteiger charge is -2.25. The van der Waals surface area contributed by atoms with E-state index < -0.39 is 0 Å². The third-order valence-corrected chi connectivity index (χ3v) is 4.95. The molecule has 1 aromatic rings. The van der Waals surface area contributed by atoms with Crippen LogP contribution in [0.3, 0.4) is 0 Å². The number of carbonyl (C=O) groups is 2. The van der Waals surface area contributed by atoms with E-state index in [0.29, 0.717) is 32.0 Å². The van der Waals surface area contributed by atoms with Gasteiger partial charge in [0.25, 0.3) is 0 Å². The largest absolute Gasteiger partial charge is 0.466 e. The van der Waals surface area contributed by atoms with Gasteiger partial charge in [-0.2, -0.15) is 0 Å². The smallest absolute Gasteiger partial charge is 0.307 e. The summed E-state index contributed by atoms with van der Waals surface area (Å²) >= 11 is 0. The van der Waals surface area contributed by atoms with Gasteiger partial charge in [-0.05, 0) is 24.8 Å². The third-order valence-electron chi connectivity index (χ3n) is 4.95. The van der Waals surface area contributed by atoms with Crippen LogP contribution in [0.1, 0.15) is 63.9 Å². The number of ether oxygens (including phenoxy) is 1. The molecule has 1 aliphatic rings. The molecule has 0 atom stereocenters. The number of hydrogen-bond donors (Lipinski definition) is 0. The van der Waals surface area contributed by atoms with E-state index in [1.165, 1.54) is 32.1 Å². The summed E-state index contributed by atoms with van der Waals surface area (Å²) in [6, 6.07) is 9.96. The maximum absolute atomic E-state index is 12.7. The quantitative estimate of drug-likeness (QED) is 0.626. The van der Waals surface area contributed by atoms with Gasteiger partial charge in [-0.25, -0.2) is 0 Å². The van der Waals surface area contributed by atoms with Crippen molar-refractivity contribution in [1.29, 1.82) is 0 Å². The minimum absolute atomic E-state index is 0.152. The SMILES string of the molecule is CCOC(=O)CCN(Cc1ccccc1)C(=O)CCC1CCCCC1. The highest BCUT2D eigenvalue weighted by molar-refractivity contribution is 5.77. The van der Waals surface area contributed by atoms with Crippen molar-refractivity contribution < 1.29 is 14.3 Å². The molecule has 1 aliphatic carbocycles. The van der Waals surface area contributed by atoms with Crippen molar-refractivity contribution in [1.82, 2.24) is 4.90 Å². The average Bonchev–Trinajstić information content (AvgIpc) is 2.65. The van der Waals surface area contributed by atoms with Gasteiger partial charge in [0.1, 0.15) is 0 Å². The fraction of sp³-hybridized carbons (Fsp3) is 0.619. The fourth-order valence-corrected chi connectivity index (χ4v) is 3.52. The number of benzene rings is 1. The summed E-state index contributed by atoms with van der Waals surface area (Å²) in [6.07, 6.45) is 8.28. The molecule has 0 aromatic heterocycles. The van der Waals surface area contributed by atoms with E-state index in [1.807, 2.05) is 35.2 Å². The predicted molar refractivity (Wildman–Crippen MR) is 98.9 cm³/mol. The number of amides is 1. The third kappa shape index (κ3) is 7.29. The molecule has 25 heavy (non-hydrogen) atoms. The molecule has 0 saturated heterocycles. The topological polar surface area (TPSA) is 46.6 Å². The van der Waals surface area contributed by atoms with Gasteiger partial charge < -0.3 is 9.64 Å². The van der Waals surface area contributed by atoms with Gasteiger partial charge in [0.05, 0.1) is 13.0 Å². The van der Waals surface area contributed by atoms with E-state index in [2.05, 4.69) is 0 Å². The minimum atomic E-state index is -0.236. The Morgan fingerprint density at radius 2 is 1.80 bits per heavy atom. The summed E-state index contributed by atoms with van der Waals surface area (Å²) in [4.78, 5) is 26.2. The Labute approximate surface area is 151 Å². The van der Waals surface area contributed by atoms with Gasteiger partial charge >= 0.3 is 5.97 Å². The second-order valence-electron chi connectivity index (χ2n) is 6.90. The van der Waals surface area contributed by atoms with Crippen LogP contribution in [0, 0.1) is 5.92 Å². The predicted octanol–water partition coefficient (Wildman–Crippen LogP) is 4.33. The van der Waals surface area contributed by atoms with E-state index >= 15 is 0 Å². The molecular formula is C21H31NO3. The maximum Gasteiger partial charge on any atom is 0.307 e. The van der Waals surface area contributed by atoms with Gasteiger partial charge in [-0.15, -0.1) is 0 Å². The Morgan fingerprint density at radius 1 is 1.08 bits per heavy atom. The minimum Gasteiger partial charge on any atom is -0.466 e. The first-order chi connectivity index (χ1) is 12.2. The number of hydrogen-bond acceptors (Lipinski definition) is 3. The molecule has 0 aliphatic heterocycles. The van der Waals surface area contributed by atoms with Gasteiger partial charge in [0.15, 0.2) is 0 Å². The van der Waals surface area contributed by atoms with Crippen LogP contribution in [0.4, 0.5) is 0 Å². The molecule has 1 aromatic carbocycles. The molecule has 0 spiro atoms. The molecule has 0 N–H and O–H groups in total. The van der Waals surface area contributed by atoms with Crippen LogP contribution < -0.4 is 0 Å². The number of carbonyl (C=O) groups excluding carboxylic acids is 2. The standard InChI is InChI=1S/C21H31NO3/c1-2-25-21(24)15-16-22(17-19-11-7-4-8-12-19)20(23)14-13-18-9-5-3-6-10-18/h4,7-8,11-12,18H,2-3,5-6,9-10,13-17H2,1H3. The van der Waals surface area contributed by atoms with Crippen molar-refractivity contribution in [3.05, 3.63) is 35.9 Å². The van der Waals surface area contributed by atoms with Crippen molar-refractivity contribution in [3.63, 3.8) is 0 Å². The van der Waals surface area contributed by atoms with E-state index in [4.69, 9.17) is 4.74 Å². The van der Waals surface area contributed by atoms with Crippen LogP contribution in [0.25, 0.3) is 0 Å². The average molecular weight is 345 g/mol. The Bertz CT molecular complexity index is 523. The summed E-state index contributed by atoms with van der Waals surface area (Å²) in [5, 5.41) is 0. The zero-order valence-electron chi connectivity index (χ0n) is 15.4. The molecule has 0 radical (unpaired) electrons. The molecule has 1 fully saturated rings. The molecule has 0 heterocycles. The van der Waals surface area contributed by atoms with Crippen LogP contribution in [0.2, 0.25) is 0 Å². The Kier molecular flexibility index (Phi) is 8.50. The fourth-order valence-electron chi connectivity index (χ4n) is 3.52. The van der Waals surface area contributed by atoms with Crippen molar-refractivity contribution in [2.24, 2.45) is 5.92 Å². The van der Waals surface area contributed by atoms with Gasteiger partial charge in [0.2, 0.25) is 5.91 Å². The summed E-state index contributed by atoms with van der Waals surface area (Å²) in [7, 11) is 0. The lowest BCUT2D eigenvalue weighted by Crippen LogP contribution is -2.33. The van der Waals surface area contributed by atoms with Crippen molar-refractivity contribution in [2.75, 3.05) is 13.2 Å². The molecule has 0 bridgehead atoms. The summed E-state index contributed by atoms with van der Waals surface area (Å²) in [5.41, 5.74) is 1.09. The second kappa shape index (κ2) is 10.9. The summed E-state index contributed by atoms with van der Waals surface area (Å²) in [5.74, 6) is 0.612. The monoisotopic (exact) mass is 345 g/mol. The van der Waals surface area contributed by atoms with Crippen molar-refractivity contribution in [3.8, 4) is 0 Å². The van der Waals surface area contributed by atoms with Crippen LogP contribution in [-0.4, -0.2) is 29.9 Å². The molecule has 138 valence electrons. The first-order valence-corrected chi connectivity index (χ1v) is 9.66. The zero-order chi connectivity index (χ0) is 17.9. The highest BCUT2D eigenvalue weighted by Crippen LogP contribution is 2.27. The molecule has 1 amide bonds. The molecule has 4 nitrogen and oxygen atoms in total. The Morgan fingerprint density at radius 3 is 2.48 bits per heavy atom. The first-order valence-electron chi connectivity index (χ1n) is 9.66. The second-order valence-corrected chi connectivity index (χ2v) is 6.90. The molecule has 2 rings (SSSR count). The zero-order valence-corrected chi connectivity index (χ0v) is 15.4. The molecule has 1 saturated carbocycles. The lowest BCUT2D eigenvalue weighted by atomic mass is 9.86. The normalized spacial score (nSPS) is 14.9. The van der Waals surface area contributed by atoms with Crippen LogP contribution in [0.5, 0.6) is 0 Å². The summed E-state index contributed by atoms with van der Waals surface area (Å²) < 4.78 is 5.00. The molecule has 0 unspecified atom stereocenters. The van der Waals surface area contributed by atoms with E-state index in [-0.39, 0.29) is 18.3 Å². The number of esters is 1. The van der Waals surface area contributed by atoms with Gasteiger partial charge in [-0.1, -0.05) is 62.4 Å². The van der Waals surface area contributed by atoms with Gasteiger partial charge in [-0.3, -0.25) is 9.59 Å². The van der Waals surface area contributed by atoms with Crippen molar-refractivity contribution in [2.45, 2.75) is 64.8 Å². The molecule has 4 heteroatoms. The van der Waals surface area contributed by atoms with Gasteiger partial charge in [0, 0.05) is 19.5 Å². The Hall–Kier alpha value is -1.84. The maximum atomic E-state index is 12.7. The van der Waals surface area contributed by atoms with Crippen LogP contribution in [-0.2, 0) is 20.9 Å². The van der Waals surface area contributed by atoms with Crippen LogP contribution >= 0.6 is 0 Å². The lowest BCUT2D eigenvalue weighted by molar-refractivity contribution is -0.144. The van der Waals surface area contributed by atoms with E-state index in [9.17, 15) is 9.59 Å². The number of nitrogens with zero attached hydrogens (tertiary/aromatic N) is 1. The van der Waals surface area contributed by atoms with Crippen LogP contribution in [0.15, 0.2) is 30.3 Å². The highest BCUT2D eigenvalue weighted by Gasteiger charge is 2.19. The van der Waals surface area contributed by atoms with E-state index in [1.54, 1.807) is 6.92 Å². The van der Waals surface area contributed by atoms with E-state index in [0.717, 1.165) is 12.0 Å². The number of rotatable bonds is 9.